The molecule has 13 heavy (non-hydrogen) atoms. The van der Waals surface area contributed by atoms with E-state index in [1.807, 2.05) is 17.6 Å². The third-order valence-electron chi connectivity index (χ3n) is 1.76. The fourth-order valence-electron chi connectivity index (χ4n) is 1.14. The molecule has 0 aromatic carbocycles. The Bertz CT molecular complexity index is 452. The highest BCUT2D eigenvalue weighted by atomic mass is 79.9. The smallest absolute Gasteiger partial charge is 0.125 e. The van der Waals surface area contributed by atoms with E-state index in [9.17, 15) is 4.79 Å². The van der Waals surface area contributed by atoms with Crippen LogP contribution in [0.3, 0.4) is 0 Å². The minimum atomic E-state index is 0.387. The van der Waals surface area contributed by atoms with Gasteiger partial charge < -0.3 is 4.79 Å². The molecule has 0 saturated carbocycles. The van der Waals surface area contributed by atoms with Gasteiger partial charge in [0.05, 0.1) is 4.70 Å². The average Bonchev–Trinajstić information content (AvgIpc) is 2.49. The van der Waals surface area contributed by atoms with Gasteiger partial charge in [0.25, 0.3) is 0 Å². The summed E-state index contributed by atoms with van der Waals surface area (Å²) in [6, 6.07) is 1.95. The lowest BCUT2D eigenvalue weighted by atomic mass is 10.2. The number of pyridine rings is 1. The molecule has 0 saturated heterocycles. The molecule has 4 heteroatoms. The Morgan fingerprint density at radius 1 is 1.62 bits per heavy atom. The zero-order chi connectivity index (χ0) is 9.26. The lowest BCUT2D eigenvalue weighted by molar-refractivity contribution is -0.107. The number of fused-ring (bicyclic) bond motifs is 1. The second-order valence-corrected chi connectivity index (χ2v) is 4.39. The maximum absolute atomic E-state index is 10.3. The third-order valence-corrected chi connectivity index (χ3v) is 3.66. The van der Waals surface area contributed by atoms with Crippen LogP contribution in [-0.4, -0.2) is 11.3 Å². The average molecular weight is 256 g/mol. The maximum atomic E-state index is 10.3. The van der Waals surface area contributed by atoms with Crippen LogP contribution in [0.5, 0.6) is 0 Å². The summed E-state index contributed by atoms with van der Waals surface area (Å²) in [4.78, 5) is 14.5. The number of aromatic nitrogens is 1. The van der Waals surface area contributed by atoms with Gasteiger partial charge in [-0.25, -0.2) is 0 Å². The number of carbonyl (C=O) groups excluding carboxylic acids is 1. The molecule has 66 valence electrons. The van der Waals surface area contributed by atoms with Crippen LogP contribution in [-0.2, 0) is 11.2 Å². The standard InChI is InChI=1S/C9H6BrNOS/c10-8-5-13-9-4-11-6(1-2-12)3-7(8)9/h2-5H,1H2. The number of hydrogen-bond donors (Lipinski definition) is 0. The van der Waals surface area contributed by atoms with E-state index in [1.165, 1.54) is 0 Å². The summed E-state index contributed by atoms with van der Waals surface area (Å²) in [6.45, 7) is 0. The van der Waals surface area contributed by atoms with E-state index >= 15 is 0 Å². The van der Waals surface area contributed by atoms with Crippen molar-refractivity contribution < 1.29 is 4.79 Å². The van der Waals surface area contributed by atoms with Crippen LogP contribution in [0.25, 0.3) is 10.1 Å². The molecule has 2 aromatic rings. The fourth-order valence-corrected chi connectivity index (χ4v) is 2.65. The molecule has 0 atom stereocenters. The van der Waals surface area contributed by atoms with Crippen LogP contribution in [0.15, 0.2) is 22.1 Å². The van der Waals surface area contributed by atoms with Crippen LogP contribution >= 0.6 is 27.3 Å². The molecule has 0 radical (unpaired) electrons. The minimum Gasteiger partial charge on any atom is -0.303 e. The Morgan fingerprint density at radius 3 is 3.23 bits per heavy atom. The van der Waals surface area contributed by atoms with Crippen molar-refractivity contribution in [3.8, 4) is 0 Å². The fraction of sp³-hybridized carbons (Fsp3) is 0.111. The minimum absolute atomic E-state index is 0.387. The molecule has 2 aromatic heterocycles. The third kappa shape index (κ3) is 1.64. The van der Waals surface area contributed by atoms with Crippen molar-refractivity contribution in [3.63, 3.8) is 0 Å². The van der Waals surface area contributed by atoms with Gasteiger partial charge in [0.15, 0.2) is 0 Å². The molecule has 0 amide bonds. The molecule has 0 N–H and O–H groups in total. The first-order chi connectivity index (χ1) is 6.31. The molecule has 2 heterocycles. The summed E-state index contributed by atoms with van der Waals surface area (Å²) in [6.07, 6.45) is 3.07. The number of rotatable bonds is 2. The van der Waals surface area contributed by atoms with Gasteiger partial charge >= 0.3 is 0 Å². The Balaban J connectivity index is 2.58. The lowest BCUT2D eigenvalue weighted by Crippen LogP contribution is -1.88. The summed E-state index contributed by atoms with van der Waals surface area (Å²) in [5.74, 6) is 0. The highest BCUT2D eigenvalue weighted by molar-refractivity contribution is 9.10. The molecule has 2 nitrogen and oxygen atoms in total. The highest BCUT2D eigenvalue weighted by Crippen LogP contribution is 2.29. The summed E-state index contributed by atoms with van der Waals surface area (Å²) in [5.41, 5.74) is 0.821. The number of carbonyl (C=O) groups is 1. The van der Waals surface area contributed by atoms with Crippen LogP contribution in [0.2, 0.25) is 0 Å². The molecular weight excluding hydrogens is 250 g/mol. The molecule has 2 rings (SSSR count). The van der Waals surface area contributed by atoms with Gasteiger partial charge in [0.2, 0.25) is 0 Å². The van der Waals surface area contributed by atoms with Gasteiger partial charge in [0, 0.05) is 33.6 Å². The number of halogens is 1. The van der Waals surface area contributed by atoms with E-state index in [2.05, 4.69) is 20.9 Å². The molecule has 0 bridgehead atoms. The second kappa shape index (κ2) is 3.55. The van der Waals surface area contributed by atoms with Crippen molar-refractivity contribution in [1.82, 2.24) is 4.98 Å². The maximum Gasteiger partial charge on any atom is 0.125 e. The Morgan fingerprint density at radius 2 is 2.46 bits per heavy atom. The van der Waals surface area contributed by atoms with Crippen molar-refractivity contribution in [2.45, 2.75) is 6.42 Å². The molecule has 0 spiro atoms. The number of aldehydes is 1. The second-order valence-electron chi connectivity index (χ2n) is 2.63. The van der Waals surface area contributed by atoms with Gasteiger partial charge in [-0.1, -0.05) is 0 Å². The van der Waals surface area contributed by atoms with E-state index in [0.717, 1.165) is 26.5 Å². The van der Waals surface area contributed by atoms with E-state index in [4.69, 9.17) is 0 Å². The van der Waals surface area contributed by atoms with Crippen LogP contribution in [0.4, 0.5) is 0 Å². The normalized spacial score (nSPS) is 10.5. The molecule has 0 unspecified atom stereocenters. The summed E-state index contributed by atoms with van der Waals surface area (Å²) < 4.78 is 2.21. The largest absolute Gasteiger partial charge is 0.303 e. The predicted octanol–water partition coefficient (Wildman–Crippen LogP) is 2.80. The summed E-state index contributed by atoms with van der Waals surface area (Å²) >= 11 is 5.09. The summed E-state index contributed by atoms with van der Waals surface area (Å²) in [7, 11) is 0. The van der Waals surface area contributed by atoms with Crippen LogP contribution in [0, 0.1) is 0 Å². The molecular formula is C9H6BrNOS. The lowest BCUT2D eigenvalue weighted by Gasteiger charge is -1.94. The van der Waals surface area contributed by atoms with Crippen molar-refractivity contribution in [3.05, 3.63) is 27.8 Å². The topological polar surface area (TPSA) is 30.0 Å². The number of nitrogens with zero attached hydrogens (tertiary/aromatic N) is 1. The van der Waals surface area contributed by atoms with Crippen molar-refractivity contribution in [1.29, 1.82) is 0 Å². The quantitative estimate of drug-likeness (QED) is 0.773. The van der Waals surface area contributed by atoms with Gasteiger partial charge in [0.1, 0.15) is 6.29 Å². The van der Waals surface area contributed by atoms with Gasteiger partial charge in [-0.15, -0.1) is 11.3 Å². The monoisotopic (exact) mass is 255 g/mol. The van der Waals surface area contributed by atoms with Gasteiger partial charge in [-0.05, 0) is 22.0 Å². The van der Waals surface area contributed by atoms with Crippen molar-refractivity contribution in [2.24, 2.45) is 0 Å². The molecule has 0 aliphatic carbocycles. The molecule has 0 aliphatic rings. The Kier molecular flexibility index (Phi) is 2.42. The first-order valence-corrected chi connectivity index (χ1v) is 5.44. The van der Waals surface area contributed by atoms with E-state index in [-0.39, 0.29) is 0 Å². The highest BCUT2D eigenvalue weighted by Gasteiger charge is 2.02. The van der Waals surface area contributed by atoms with Crippen LogP contribution in [0.1, 0.15) is 5.69 Å². The first-order valence-electron chi connectivity index (χ1n) is 3.76. The Hall–Kier alpha value is -0.740. The van der Waals surface area contributed by atoms with E-state index in [0.29, 0.717) is 6.42 Å². The SMILES string of the molecule is O=CCc1cc2c(Br)csc2cn1. The zero-order valence-electron chi connectivity index (χ0n) is 6.66. The zero-order valence-corrected chi connectivity index (χ0v) is 9.06. The number of thiophene rings is 1. The Labute approximate surface area is 87.7 Å². The molecule has 0 fully saturated rings. The molecule has 0 aliphatic heterocycles. The number of hydrogen-bond acceptors (Lipinski definition) is 3. The van der Waals surface area contributed by atoms with E-state index < -0.39 is 0 Å². The van der Waals surface area contributed by atoms with Crippen molar-refractivity contribution in [2.75, 3.05) is 0 Å². The van der Waals surface area contributed by atoms with E-state index in [1.54, 1.807) is 11.3 Å². The van der Waals surface area contributed by atoms with Crippen LogP contribution < -0.4 is 0 Å². The van der Waals surface area contributed by atoms with Gasteiger partial charge in [-0.3, -0.25) is 4.98 Å². The predicted molar refractivity (Wildman–Crippen MR) is 57.1 cm³/mol. The van der Waals surface area contributed by atoms with Gasteiger partial charge in [-0.2, -0.15) is 0 Å². The first kappa shape index (κ1) is 8.84. The van der Waals surface area contributed by atoms with Crippen molar-refractivity contribution >= 4 is 43.6 Å². The summed E-state index contributed by atoms with van der Waals surface area (Å²) in [5, 5.41) is 3.16.